The molecule has 5 nitrogen and oxygen atoms in total. The molecule has 0 saturated heterocycles. The van der Waals surface area contributed by atoms with Crippen molar-refractivity contribution in [3.8, 4) is 0 Å². The van der Waals surface area contributed by atoms with Gasteiger partial charge in [0.1, 0.15) is 5.69 Å². The number of nitrogens with two attached hydrogens (primary N) is 1. The van der Waals surface area contributed by atoms with Crippen LogP contribution < -0.4 is 11.1 Å². The number of nitrogens with one attached hydrogen (secondary N) is 1. The molecule has 1 aromatic heterocycles. The monoisotopic (exact) mass is 303 g/mol. The molecule has 3 unspecified atom stereocenters. The molecule has 1 saturated carbocycles. The third-order valence-electron chi connectivity index (χ3n) is 3.37. The molecule has 2 rings (SSSR count). The predicted octanol–water partition coefficient (Wildman–Crippen LogP) is 1.33. The van der Waals surface area contributed by atoms with Crippen molar-refractivity contribution < 1.29 is 22.7 Å². The highest BCUT2D eigenvalue weighted by Gasteiger charge is 2.40. The van der Waals surface area contributed by atoms with E-state index in [0.717, 1.165) is 12.1 Å². The first-order chi connectivity index (χ1) is 9.82. The van der Waals surface area contributed by atoms with Crippen molar-refractivity contribution in [1.29, 1.82) is 0 Å². The summed E-state index contributed by atoms with van der Waals surface area (Å²) < 4.78 is 42.6. The summed E-state index contributed by atoms with van der Waals surface area (Å²) in [5.74, 6) is -0.562. The minimum Gasteiger partial charge on any atom is -0.376 e. The van der Waals surface area contributed by atoms with Crippen LogP contribution in [0.1, 0.15) is 29.4 Å². The summed E-state index contributed by atoms with van der Waals surface area (Å²) in [5.41, 5.74) is 4.80. The summed E-state index contributed by atoms with van der Waals surface area (Å²) in [6, 6.07) is 1.29. The molecule has 3 atom stereocenters. The molecule has 3 N–H and O–H groups in total. The standard InChI is InChI=1S/C13H16F3N3O2/c1-2-21-10-5-8(17)11(10)19-12(20)9-4-3-7(6-18-9)13(14,15)16/h3-4,6,8,10-11H,2,5,17H2,1H3,(H,19,20). The number of halogens is 3. The quantitative estimate of drug-likeness (QED) is 0.880. The van der Waals surface area contributed by atoms with E-state index in [4.69, 9.17) is 10.5 Å². The molecule has 1 amide bonds. The molecule has 1 heterocycles. The summed E-state index contributed by atoms with van der Waals surface area (Å²) in [6.45, 7) is 2.34. The number of nitrogens with zero attached hydrogens (tertiary/aromatic N) is 1. The second-order valence-corrected chi connectivity index (χ2v) is 4.82. The van der Waals surface area contributed by atoms with E-state index >= 15 is 0 Å². The number of aromatic nitrogens is 1. The fourth-order valence-electron chi connectivity index (χ4n) is 2.15. The van der Waals surface area contributed by atoms with Gasteiger partial charge in [-0.3, -0.25) is 9.78 Å². The van der Waals surface area contributed by atoms with Gasteiger partial charge in [0, 0.05) is 18.8 Å². The lowest BCUT2D eigenvalue weighted by Crippen LogP contribution is -2.64. The van der Waals surface area contributed by atoms with E-state index in [1.807, 2.05) is 6.92 Å². The number of ether oxygens (including phenoxy) is 1. The molecule has 1 aromatic rings. The molecule has 1 aliphatic rings. The summed E-state index contributed by atoms with van der Waals surface area (Å²) >= 11 is 0. The molecular weight excluding hydrogens is 287 g/mol. The van der Waals surface area contributed by atoms with E-state index < -0.39 is 17.6 Å². The Balaban J connectivity index is 2.00. The minimum atomic E-state index is -4.47. The third-order valence-corrected chi connectivity index (χ3v) is 3.37. The lowest BCUT2D eigenvalue weighted by Gasteiger charge is -2.42. The molecule has 21 heavy (non-hydrogen) atoms. The zero-order valence-electron chi connectivity index (χ0n) is 11.4. The number of rotatable bonds is 4. The van der Waals surface area contributed by atoms with Gasteiger partial charge in [-0.25, -0.2) is 0 Å². The molecular formula is C13H16F3N3O2. The van der Waals surface area contributed by atoms with Crippen LogP contribution in [0.15, 0.2) is 18.3 Å². The molecule has 1 aliphatic carbocycles. The Morgan fingerprint density at radius 3 is 2.71 bits per heavy atom. The Hall–Kier alpha value is -1.67. The lowest BCUT2D eigenvalue weighted by molar-refractivity contribution is -0.137. The largest absolute Gasteiger partial charge is 0.417 e. The Kier molecular flexibility index (Phi) is 4.48. The molecule has 1 fully saturated rings. The van der Waals surface area contributed by atoms with E-state index in [1.54, 1.807) is 0 Å². The summed E-state index contributed by atoms with van der Waals surface area (Å²) in [5, 5.41) is 2.64. The maximum absolute atomic E-state index is 12.4. The molecule has 0 aromatic carbocycles. The van der Waals surface area contributed by atoms with Gasteiger partial charge in [-0.1, -0.05) is 0 Å². The normalized spacial score (nSPS) is 25.3. The maximum atomic E-state index is 12.4. The van der Waals surface area contributed by atoms with Gasteiger partial charge in [0.05, 0.1) is 17.7 Å². The topological polar surface area (TPSA) is 77.2 Å². The van der Waals surface area contributed by atoms with Gasteiger partial charge in [-0.05, 0) is 25.5 Å². The number of amides is 1. The molecule has 116 valence electrons. The second kappa shape index (κ2) is 5.98. The van der Waals surface area contributed by atoms with Crippen LogP contribution in [0.3, 0.4) is 0 Å². The van der Waals surface area contributed by atoms with Gasteiger partial charge in [-0.15, -0.1) is 0 Å². The van der Waals surface area contributed by atoms with Crippen molar-refractivity contribution in [2.24, 2.45) is 5.73 Å². The van der Waals surface area contributed by atoms with Crippen molar-refractivity contribution in [1.82, 2.24) is 10.3 Å². The molecule has 8 heteroatoms. The van der Waals surface area contributed by atoms with Gasteiger partial charge in [0.2, 0.25) is 0 Å². The smallest absolute Gasteiger partial charge is 0.376 e. The highest BCUT2D eigenvalue weighted by molar-refractivity contribution is 5.92. The van der Waals surface area contributed by atoms with E-state index in [0.29, 0.717) is 19.2 Å². The number of alkyl halides is 3. The summed E-state index contributed by atoms with van der Waals surface area (Å²) in [6.07, 6.45) is -3.36. The second-order valence-electron chi connectivity index (χ2n) is 4.82. The summed E-state index contributed by atoms with van der Waals surface area (Å²) in [7, 11) is 0. The van der Waals surface area contributed by atoms with Crippen LogP contribution in [-0.4, -0.2) is 35.7 Å². The number of pyridine rings is 1. The van der Waals surface area contributed by atoms with Crippen molar-refractivity contribution in [3.63, 3.8) is 0 Å². The fourth-order valence-corrected chi connectivity index (χ4v) is 2.15. The van der Waals surface area contributed by atoms with Crippen LogP contribution in [0, 0.1) is 0 Å². The zero-order chi connectivity index (χ0) is 15.6. The van der Waals surface area contributed by atoms with E-state index in [9.17, 15) is 18.0 Å². The van der Waals surface area contributed by atoms with Gasteiger partial charge in [-0.2, -0.15) is 13.2 Å². The molecule has 0 bridgehead atoms. The van der Waals surface area contributed by atoms with Crippen LogP contribution in [0.2, 0.25) is 0 Å². The Morgan fingerprint density at radius 1 is 1.52 bits per heavy atom. The van der Waals surface area contributed by atoms with Crippen LogP contribution in [0.5, 0.6) is 0 Å². The van der Waals surface area contributed by atoms with Gasteiger partial charge < -0.3 is 15.8 Å². The lowest BCUT2D eigenvalue weighted by atomic mass is 9.83. The number of carbonyl (C=O) groups is 1. The number of hydrogen-bond acceptors (Lipinski definition) is 4. The van der Waals surface area contributed by atoms with Crippen molar-refractivity contribution in [2.75, 3.05) is 6.61 Å². The molecule has 0 radical (unpaired) electrons. The average molecular weight is 303 g/mol. The first-order valence-corrected chi connectivity index (χ1v) is 6.54. The van der Waals surface area contributed by atoms with E-state index in [2.05, 4.69) is 10.3 Å². The fraction of sp³-hybridized carbons (Fsp3) is 0.538. The Bertz CT molecular complexity index is 502. The molecule has 0 aliphatic heterocycles. The van der Waals surface area contributed by atoms with Gasteiger partial charge in [0.25, 0.3) is 5.91 Å². The molecule has 0 spiro atoms. The minimum absolute atomic E-state index is 0.0858. The Morgan fingerprint density at radius 2 is 2.24 bits per heavy atom. The highest BCUT2D eigenvalue weighted by Crippen LogP contribution is 2.28. The van der Waals surface area contributed by atoms with Crippen molar-refractivity contribution in [2.45, 2.75) is 37.7 Å². The maximum Gasteiger partial charge on any atom is 0.417 e. The number of hydrogen-bond donors (Lipinski definition) is 2. The van der Waals surface area contributed by atoms with Crippen LogP contribution in [0.4, 0.5) is 13.2 Å². The SMILES string of the molecule is CCOC1CC(N)C1NC(=O)c1ccc(C(F)(F)F)cn1. The van der Waals surface area contributed by atoms with Crippen LogP contribution >= 0.6 is 0 Å². The first-order valence-electron chi connectivity index (χ1n) is 6.54. The van der Waals surface area contributed by atoms with Crippen molar-refractivity contribution >= 4 is 5.91 Å². The predicted molar refractivity (Wildman–Crippen MR) is 68.5 cm³/mol. The van der Waals surface area contributed by atoms with Gasteiger partial charge in [0.15, 0.2) is 0 Å². The van der Waals surface area contributed by atoms with Crippen LogP contribution in [0.25, 0.3) is 0 Å². The van der Waals surface area contributed by atoms with E-state index in [-0.39, 0.29) is 23.9 Å². The summed E-state index contributed by atoms with van der Waals surface area (Å²) in [4.78, 5) is 15.5. The number of carbonyl (C=O) groups excluding carboxylic acids is 1. The Labute approximate surface area is 119 Å². The van der Waals surface area contributed by atoms with E-state index in [1.165, 1.54) is 0 Å². The zero-order valence-corrected chi connectivity index (χ0v) is 11.4. The average Bonchev–Trinajstić information content (AvgIpc) is 2.43. The van der Waals surface area contributed by atoms with Gasteiger partial charge >= 0.3 is 6.18 Å². The third kappa shape index (κ3) is 3.51. The highest BCUT2D eigenvalue weighted by atomic mass is 19.4. The van der Waals surface area contributed by atoms with Crippen LogP contribution in [-0.2, 0) is 10.9 Å². The van der Waals surface area contributed by atoms with Crippen molar-refractivity contribution in [3.05, 3.63) is 29.6 Å². The first kappa shape index (κ1) is 15.7.